The molecular weight excluding hydrogens is 540 g/mol. The van der Waals surface area contributed by atoms with Gasteiger partial charge in [0.2, 0.25) is 17.7 Å². The lowest BCUT2D eigenvalue weighted by Crippen LogP contribution is -2.37. The SMILES string of the molecule is O=C(CCCCCN1C(=O)[C@H]2[C@@H]3C[C@H]([C@@H](Br)[C@H]3Br)[C@@H]2C1=O)Nc1cc(Cl)ccc1O. The van der Waals surface area contributed by atoms with E-state index in [1.54, 1.807) is 6.07 Å². The Kier molecular flexibility index (Phi) is 6.47. The Morgan fingerprint density at radius 3 is 2.37 bits per heavy atom. The maximum absolute atomic E-state index is 12.8. The first kappa shape index (κ1) is 22.1. The summed E-state index contributed by atoms with van der Waals surface area (Å²) in [5.74, 6) is -0.150. The lowest BCUT2D eigenvalue weighted by atomic mass is 9.81. The van der Waals surface area contributed by atoms with E-state index in [4.69, 9.17) is 11.6 Å². The van der Waals surface area contributed by atoms with Crippen molar-refractivity contribution in [2.75, 3.05) is 11.9 Å². The number of aromatic hydroxyl groups is 1. The minimum absolute atomic E-state index is 0.0180. The summed E-state index contributed by atoms with van der Waals surface area (Å²) < 4.78 is 0. The normalized spacial score (nSPS) is 32.0. The number of alkyl halides is 2. The molecule has 0 radical (unpaired) electrons. The molecule has 2 N–H and O–H groups in total. The molecule has 1 aromatic rings. The lowest BCUT2D eigenvalue weighted by molar-refractivity contribution is -0.140. The molecule has 0 aromatic heterocycles. The van der Waals surface area contributed by atoms with Crippen LogP contribution in [0.15, 0.2) is 18.2 Å². The van der Waals surface area contributed by atoms with Crippen molar-refractivity contribution < 1.29 is 19.5 Å². The maximum Gasteiger partial charge on any atom is 0.233 e. The number of carbonyl (C=O) groups is 3. The Morgan fingerprint density at radius 2 is 1.73 bits per heavy atom. The van der Waals surface area contributed by atoms with E-state index in [0.717, 1.165) is 12.8 Å². The largest absolute Gasteiger partial charge is 0.506 e. The van der Waals surface area contributed by atoms with E-state index in [9.17, 15) is 19.5 Å². The molecule has 0 unspecified atom stereocenters. The van der Waals surface area contributed by atoms with Crippen molar-refractivity contribution in [1.82, 2.24) is 4.90 Å². The fourth-order valence-electron chi connectivity index (χ4n) is 5.18. The Hall–Kier alpha value is -1.12. The van der Waals surface area contributed by atoms with E-state index in [-0.39, 0.29) is 62.5 Å². The minimum Gasteiger partial charge on any atom is -0.506 e. The molecule has 3 amide bonds. The van der Waals surface area contributed by atoms with Crippen LogP contribution in [0.5, 0.6) is 5.75 Å². The highest BCUT2D eigenvalue weighted by atomic mass is 79.9. The number of imide groups is 1. The average molecular weight is 563 g/mol. The van der Waals surface area contributed by atoms with Crippen LogP contribution in [0.4, 0.5) is 5.69 Å². The zero-order valence-electron chi connectivity index (χ0n) is 16.2. The topological polar surface area (TPSA) is 86.7 Å². The molecule has 2 bridgehead atoms. The number of halogens is 3. The van der Waals surface area contributed by atoms with Gasteiger partial charge in [0, 0.05) is 27.6 Å². The summed E-state index contributed by atoms with van der Waals surface area (Å²) in [4.78, 5) is 39.7. The second-order valence-electron chi connectivity index (χ2n) is 8.35. The molecule has 0 spiro atoms. The van der Waals surface area contributed by atoms with Crippen LogP contribution in [0.2, 0.25) is 5.02 Å². The molecule has 1 aromatic carbocycles. The smallest absolute Gasteiger partial charge is 0.233 e. The number of hydrogen-bond donors (Lipinski definition) is 2. The summed E-state index contributed by atoms with van der Waals surface area (Å²) in [5.41, 5.74) is 0.289. The molecule has 1 aliphatic heterocycles. The molecule has 2 aliphatic carbocycles. The van der Waals surface area contributed by atoms with Crippen molar-refractivity contribution in [2.45, 2.75) is 41.8 Å². The Balaban J connectivity index is 1.22. The highest BCUT2D eigenvalue weighted by molar-refractivity contribution is 9.12. The second kappa shape index (κ2) is 8.79. The minimum atomic E-state index is -0.210. The standard InChI is InChI=1S/C21H23Br2ClN2O4/c22-18-11-9-12(19(18)23)17-16(11)20(29)26(21(17)30)7-3-1-2-4-15(28)25-13-8-10(24)5-6-14(13)27/h5-6,8,11-12,16-19,27H,1-4,7,9H2,(H,25,28)/t11-,12-,16-,17-,18-,19+/m0/s1. The summed E-state index contributed by atoms with van der Waals surface area (Å²) >= 11 is 13.3. The van der Waals surface area contributed by atoms with Crippen molar-refractivity contribution in [2.24, 2.45) is 23.7 Å². The van der Waals surface area contributed by atoms with Gasteiger partial charge in [0.25, 0.3) is 0 Å². The summed E-state index contributed by atoms with van der Waals surface area (Å²) in [6.45, 7) is 0.417. The van der Waals surface area contributed by atoms with Crippen molar-refractivity contribution >= 4 is 66.9 Å². The Bertz CT molecular complexity index is 851. The molecule has 3 fully saturated rings. The third kappa shape index (κ3) is 3.91. The number of unbranched alkanes of at least 4 members (excludes halogenated alkanes) is 2. The van der Waals surface area contributed by atoms with Gasteiger partial charge in [0.1, 0.15) is 5.75 Å². The quantitative estimate of drug-likeness (QED) is 0.224. The van der Waals surface area contributed by atoms with Crippen molar-refractivity contribution in [3.05, 3.63) is 23.2 Å². The van der Waals surface area contributed by atoms with Gasteiger partial charge in [0.05, 0.1) is 17.5 Å². The number of rotatable bonds is 7. The van der Waals surface area contributed by atoms with Crippen LogP contribution in [0.1, 0.15) is 32.1 Å². The van der Waals surface area contributed by atoms with E-state index in [1.807, 2.05) is 0 Å². The van der Waals surface area contributed by atoms with Gasteiger partial charge in [-0.2, -0.15) is 0 Å². The number of amides is 3. The second-order valence-corrected chi connectivity index (χ2v) is 10.9. The Morgan fingerprint density at radius 1 is 1.10 bits per heavy atom. The number of phenols is 1. The Labute approximate surface area is 197 Å². The first-order chi connectivity index (χ1) is 14.3. The average Bonchev–Trinajstić information content (AvgIpc) is 3.30. The summed E-state index contributed by atoms with van der Waals surface area (Å²) in [7, 11) is 0. The van der Waals surface area contributed by atoms with Gasteiger partial charge in [-0.1, -0.05) is 49.9 Å². The lowest BCUT2D eigenvalue weighted by Gasteiger charge is -2.28. The fourth-order valence-corrected chi connectivity index (χ4v) is 7.23. The predicted molar refractivity (Wildman–Crippen MR) is 121 cm³/mol. The molecule has 6 nitrogen and oxygen atoms in total. The van der Waals surface area contributed by atoms with Gasteiger partial charge in [-0.25, -0.2) is 0 Å². The number of nitrogens with one attached hydrogen (secondary N) is 1. The van der Waals surface area contributed by atoms with Crippen LogP contribution in [-0.4, -0.2) is 43.9 Å². The highest BCUT2D eigenvalue weighted by Crippen LogP contribution is 2.60. The summed E-state index contributed by atoms with van der Waals surface area (Å²) in [5, 5.41) is 12.8. The van der Waals surface area contributed by atoms with Gasteiger partial charge in [-0.05, 0) is 49.3 Å². The zero-order valence-corrected chi connectivity index (χ0v) is 20.1. The molecule has 9 heteroatoms. The summed E-state index contributed by atoms with van der Waals surface area (Å²) in [6.07, 6.45) is 3.27. The maximum atomic E-state index is 12.8. The van der Waals surface area contributed by atoms with E-state index < -0.39 is 0 Å². The van der Waals surface area contributed by atoms with E-state index in [0.29, 0.717) is 30.8 Å². The number of fused-ring (bicyclic) bond motifs is 5. The van der Waals surface area contributed by atoms with Gasteiger partial charge in [0.15, 0.2) is 0 Å². The number of hydrogen-bond acceptors (Lipinski definition) is 4. The number of likely N-dealkylation sites (tertiary alicyclic amines) is 1. The van der Waals surface area contributed by atoms with Crippen LogP contribution in [0.3, 0.4) is 0 Å². The number of benzene rings is 1. The first-order valence-corrected chi connectivity index (χ1v) is 12.4. The first-order valence-electron chi connectivity index (χ1n) is 10.2. The van der Waals surface area contributed by atoms with Gasteiger partial charge >= 0.3 is 0 Å². The molecule has 30 heavy (non-hydrogen) atoms. The van der Waals surface area contributed by atoms with Crippen molar-refractivity contribution in [1.29, 1.82) is 0 Å². The van der Waals surface area contributed by atoms with E-state index in [1.165, 1.54) is 17.0 Å². The van der Waals surface area contributed by atoms with Crippen LogP contribution >= 0.6 is 43.5 Å². The van der Waals surface area contributed by atoms with Crippen LogP contribution in [0, 0.1) is 23.7 Å². The van der Waals surface area contributed by atoms with Gasteiger partial charge in [-0.3, -0.25) is 19.3 Å². The highest BCUT2D eigenvalue weighted by Gasteiger charge is 2.66. The van der Waals surface area contributed by atoms with Crippen LogP contribution < -0.4 is 5.32 Å². The number of carbonyl (C=O) groups excluding carboxylic acids is 3. The van der Waals surface area contributed by atoms with Gasteiger partial charge in [-0.15, -0.1) is 0 Å². The third-order valence-corrected chi connectivity index (χ3v) is 10.0. The molecule has 1 saturated heterocycles. The zero-order chi connectivity index (χ0) is 21.6. The molecule has 2 saturated carbocycles. The number of nitrogens with zero attached hydrogens (tertiary/aromatic N) is 1. The molecule has 6 atom stereocenters. The predicted octanol–water partition coefficient (Wildman–Crippen LogP) is 4.32. The number of anilines is 1. The van der Waals surface area contributed by atoms with E-state index in [2.05, 4.69) is 37.2 Å². The van der Waals surface area contributed by atoms with Crippen LogP contribution in [-0.2, 0) is 14.4 Å². The third-order valence-electron chi connectivity index (χ3n) is 6.60. The fraction of sp³-hybridized carbons (Fsp3) is 0.571. The monoisotopic (exact) mass is 560 g/mol. The molecular formula is C21H23Br2ClN2O4. The van der Waals surface area contributed by atoms with Crippen molar-refractivity contribution in [3.8, 4) is 5.75 Å². The van der Waals surface area contributed by atoms with Gasteiger partial charge < -0.3 is 10.4 Å². The summed E-state index contributed by atoms with van der Waals surface area (Å²) in [6, 6.07) is 4.47. The van der Waals surface area contributed by atoms with Crippen LogP contribution in [0.25, 0.3) is 0 Å². The molecule has 4 rings (SSSR count). The number of phenolic OH excluding ortho intramolecular Hbond substituents is 1. The van der Waals surface area contributed by atoms with E-state index >= 15 is 0 Å². The molecule has 3 aliphatic rings. The van der Waals surface area contributed by atoms with Crippen molar-refractivity contribution in [3.63, 3.8) is 0 Å². The molecule has 1 heterocycles. The molecule has 162 valence electrons.